The summed E-state index contributed by atoms with van der Waals surface area (Å²) in [6, 6.07) is 0.794. The molecule has 0 amide bonds. The van der Waals surface area contributed by atoms with Crippen LogP contribution < -0.4 is 0 Å². The Bertz CT molecular complexity index is 2530. The van der Waals surface area contributed by atoms with Crippen molar-refractivity contribution < 1.29 is 119 Å². The van der Waals surface area contributed by atoms with Crippen LogP contribution in [0.25, 0.3) is 11.1 Å². The van der Waals surface area contributed by atoms with Gasteiger partial charge >= 0.3 is 37.1 Å². The third kappa shape index (κ3) is 8.01. The van der Waals surface area contributed by atoms with Crippen molar-refractivity contribution in [2.24, 2.45) is 5.92 Å². The molecule has 63 heavy (non-hydrogen) atoms. The molecule has 0 aromatic heterocycles. The molecular weight excluding hydrogens is 951 g/mol. The van der Waals surface area contributed by atoms with Crippen LogP contribution in [0.3, 0.4) is 0 Å². The minimum absolute atomic E-state index is 0.236. The average Bonchev–Trinajstić information content (AvgIpc) is 3.78. The summed E-state index contributed by atoms with van der Waals surface area (Å²) in [4.78, 5) is 0. The summed E-state index contributed by atoms with van der Waals surface area (Å²) in [5, 5.41) is 29.5. The lowest BCUT2D eigenvalue weighted by Crippen LogP contribution is -2.24. The minimum atomic E-state index is -6.91. The molecule has 2 atom stereocenters. The maximum atomic E-state index is 15.5. The van der Waals surface area contributed by atoms with E-state index in [1.54, 1.807) is 0 Å². The number of nitriles is 3. The van der Waals surface area contributed by atoms with Crippen LogP contribution in [-0.4, -0.2) is 0 Å². The summed E-state index contributed by atoms with van der Waals surface area (Å²) < 4.78 is 385. The van der Waals surface area contributed by atoms with Crippen LogP contribution >= 0.6 is 0 Å². The summed E-state index contributed by atoms with van der Waals surface area (Å²) in [7, 11) is 0. The van der Waals surface area contributed by atoms with Crippen molar-refractivity contribution in [3.63, 3.8) is 0 Å². The Balaban J connectivity index is 2.49. The first-order valence-electron chi connectivity index (χ1n) is 15.0. The molecule has 1 saturated carbocycles. The molecule has 0 N–H and O–H groups in total. The topological polar surface area (TPSA) is 71.4 Å². The number of rotatable bonds is 4. The molecule has 2 unspecified atom stereocenters. The lowest BCUT2D eigenvalue weighted by molar-refractivity contribution is -0.152. The van der Waals surface area contributed by atoms with E-state index >= 15 is 26.3 Å². The van der Waals surface area contributed by atoms with Gasteiger partial charge in [-0.1, -0.05) is 0 Å². The molecule has 30 heteroatoms. The van der Waals surface area contributed by atoms with Crippen LogP contribution in [0.2, 0.25) is 0 Å². The highest BCUT2D eigenvalue weighted by molar-refractivity contribution is 5.99. The zero-order valence-electron chi connectivity index (χ0n) is 28.2. The minimum Gasteiger partial charge on any atom is -0.206 e. The smallest absolute Gasteiger partial charge is 0.206 e. The number of allylic oxidation sites excluding steroid dienone is 4. The van der Waals surface area contributed by atoms with E-state index < -0.39 is 174 Å². The fourth-order valence-corrected chi connectivity index (χ4v) is 6.28. The molecule has 0 aliphatic heterocycles. The Morgan fingerprint density at radius 3 is 0.841 bits per heavy atom. The zero-order valence-corrected chi connectivity index (χ0v) is 28.2. The van der Waals surface area contributed by atoms with Gasteiger partial charge in [0.15, 0.2) is 52.4 Å². The van der Waals surface area contributed by atoms with Gasteiger partial charge in [0.2, 0.25) is 0 Å². The first-order chi connectivity index (χ1) is 28.3. The van der Waals surface area contributed by atoms with Gasteiger partial charge < -0.3 is 0 Å². The van der Waals surface area contributed by atoms with Gasteiger partial charge in [0, 0.05) is 22.6 Å². The second-order valence-corrected chi connectivity index (χ2v) is 12.1. The predicted molar refractivity (Wildman–Crippen MR) is 146 cm³/mol. The van der Waals surface area contributed by atoms with E-state index in [4.69, 9.17) is 0 Å². The van der Waals surface area contributed by atoms with Gasteiger partial charge in [-0.15, -0.1) is 0 Å². The van der Waals surface area contributed by atoms with Crippen LogP contribution in [0.15, 0.2) is 11.1 Å². The second kappa shape index (κ2) is 15.2. The summed E-state index contributed by atoms with van der Waals surface area (Å²) in [6.45, 7) is 0. The van der Waals surface area contributed by atoms with E-state index in [-0.39, 0.29) is 12.1 Å². The Labute approximate surface area is 326 Å². The fraction of sp³-hybridized carbons (Fsp3) is 0.242. The van der Waals surface area contributed by atoms with Crippen LogP contribution in [0.1, 0.15) is 56.0 Å². The van der Waals surface area contributed by atoms with Gasteiger partial charge in [-0.2, -0.15) is 94.8 Å². The number of alkyl halides is 18. The Morgan fingerprint density at radius 2 is 0.603 bits per heavy atom. The number of hydrogen-bond acceptors (Lipinski definition) is 3. The van der Waals surface area contributed by atoms with Crippen LogP contribution in [0.5, 0.6) is 0 Å². The third-order valence-electron chi connectivity index (χ3n) is 8.57. The zero-order chi connectivity index (χ0) is 49.0. The molecule has 0 heterocycles. The van der Waals surface area contributed by atoms with E-state index in [1.807, 2.05) is 0 Å². The predicted octanol–water partition coefficient (Wildman–Crippen LogP) is 13.2. The molecule has 0 spiro atoms. The van der Waals surface area contributed by atoms with E-state index in [0.717, 1.165) is 0 Å². The average molecular weight is 953 g/mol. The highest BCUT2D eigenvalue weighted by Crippen LogP contribution is 2.63. The molecule has 4 rings (SSSR count). The van der Waals surface area contributed by atoms with Crippen molar-refractivity contribution in [2.75, 3.05) is 0 Å². The molecule has 1 aliphatic rings. The lowest BCUT2D eigenvalue weighted by Gasteiger charge is -2.22. The summed E-state index contributed by atoms with van der Waals surface area (Å²) in [6.07, 6.45) is -40.8. The maximum Gasteiger partial charge on any atom is 0.422 e. The van der Waals surface area contributed by atoms with Crippen molar-refractivity contribution in [1.29, 1.82) is 15.8 Å². The SMILES string of the molecule is N#C/C(=C1\C(=C(\C#N)c2c(F)c(F)c(C(F)(F)F)c(F)c2C(F)(F)F)C1C(C#N)c1c(F)c(F)c(C(F)(F)F)c(F)c1C(F)(F)F)c1c(F)c(F)c(C(F)(F)F)c(F)c1C(F)(F)F. The molecule has 3 aromatic rings. The van der Waals surface area contributed by atoms with Crippen LogP contribution in [-0.2, 0) is 37.1 Å². The van der Waals surface area contributed by atoms with Gasteiger partial charge in [0.1, 0.15) is 40.0 Å². The van der Waals surface area contributed by atoms with Gasteiger partial charge in [0.05, 0.1) is 28.7 Å². The van der Waals surface area contributed by atoms with Crippen LogP contribution in [0, 0.1) is 92.3 Å². The maximum absolute atomic E-state index is 15.5. The van der Waals surface area contributed by atoms with Gasteiger partial charge in [-0.05, 0) is 11.1 Å². The van der Waals surface area contributed by atoms with Crippen molar-refractivity contribution >= 4 is 11.1 Å². The van der Waals surface area contributed by atoms with Gasteiger partial charge in [0.25, 0.3) is 0 Å². The molecule has 0 bridgehead atoms. The Morgan fingerprint density at radius 1 is 0.349 bits per heavy atom. The van der Waals surface area contributed by atoms with E-state index in [0.29, 0.717) is 6.07 Å². The first-order valence-corrected chi connectivity index (χ1v) is 15.0. The van der Waals surface area contributed by atoms with Crippen molar-refractivity contribution in [3.8, 4) is 18.2 Å². The van der Waals surface area contributed by atoms with Crippen LogP contribution in [0.4, 0.5) is 119 Å². The van der Waals surface area contributed by atoms with Crippen molar-refractivity contribution in [2.45, 2.75) is 43.0 Å². The Kier molecular flexibility index (Phi) is 11.9. The van der Waals surface area contributed by atoms with E-state index in [1.165, 1.54) is 0 Å². The highest BCUT2D eigenvalue weighted by Gasteiger charge is 2.58. The molecule has 338 valence electrons. The standard InChI is InChI=1S/C33H2F27N3/c34-19-10(13(28(43,44)45)22(37)16(25(19)40)31(52,53)54)4(1-61)7-8(5(2-62)11-14(29(46,47)48)23(38)17(32(55,56)57)26(41)20(11)35)9(7)6(3-63)12-15(30(49,50)51)24(39)18(33(58,59)60)27(42)21(12)36/h4,7H/b8-5-,9-6+. The molecule has 0 radical (unpaired) electrons. The highest BCUT2D eigenvalue weighted by atomic mass is 19.4. The summed E-state index contributed by atoms with van der Waals surface area (Å²) in [5.74, 6) is -42.5. The number of nitrogens with zero attached hydrogens (tertiary/aromatic N) is 3. The molecule has 1 fully saturated rings. The number of halogens is 27. The second-order valence-electron chi connectivity index (χ2n) is 12.1. The molecule has 3 aromatic carbocycles. The molecule has 1 aliphatic carbocycles. The molecule has 3 nitrogen and oxygen atoms in total. The third-order valence-corrected chi connectivity index (χ3v) is 8.57. The van der Waals surface area contributed by atoms with Gasteiger partial charge in [-0.25, -0.2) is 39.5 Å². The van der Waals surface area contributed by atoms with E-state index in [2.05, 4.69) is 0 Å². The number of hydrogen-bond donors (Lipinski definition) is 0. The van der Waals surface area contributed by atoms with Crippen molar-refractivity contribution in [1.82, 2.24) is 0 Å². The quantitative estimate of drug-likeness (QED) is 0.149. The summed E-state index contributed by atoms with van der Waals surface area (Å²) in [5.41, 5.74) is -43.5. The van der Waals surface area contributed by atoms with E-state index in [9.17, 15) is 108 Å². The Hall–Kier alpha value is -6.28. The number of benzene rings is 3. The fourth-order valence-electron chi connectivity index (χ4n) is 6.28. The van der Waals surface area contributed by atoms with Gasteiger partial charge in [-0.3, -0.25) is 0 Å². The first kappa shape index (κ1) is 49.4. The molecule has 0 saturated heterocycles. The largest absolute Gasteiger partial charge is 0.422 e. The lowest BCUT2D eigenvalue weighted by atomic mass is 9.86. The monoisotopic (exact) mass is 953 g/mol. The molecular formula is C33H2F27N3. The van der Waals surface area contributed by atoms with Crippen molar-refractivity contribution in [3.05, 3.63) is 114 Å². The normalized spacial score (nSPS) is 17.2. The summed E-state index contributed by atoms with van der Waals surface area (Å²) >= 11 is 0.